The number of nitrogens with two attached hydrogens (primary N) is 1. The van der Waals surface area contributed by atoms with Crippen LogP contribution in [0.4, 0.5) is 0 Å². The van der Waals surface area contributed by atoms with Crippen molar-refractivity contribution in [2.75, 3.05) is 0 Å². The highest BCUT2D eigenvalue weighted by atomic mass is 127. The van der Waals surface area contributed by atoms with Gasteiger partial charge in [0.1, 0.15) is 11.9 Å². The molecule has 0 aliphatic heterocycles. The fourth-order valence-electron chi connectivity index (χ4n) is 7.08. The van der Waals surface area contributed by atoms with Crippen molar-refractivity contribution in [1.29, 1.82) is 0 Å². The summed E-state index contributed by atoms with van der Waals surface area (Å²) in [4.78, 5) is 79.4. The van der Waals surface area contributed by atoms with Gasteiger partial charge in [-0.25, -0.2) is 0 Å². The van der Waals surface area contributed by atoms with E-state index in [1.807, 2.05) is 22.6 Å². The number of carbonyl (C=O) groups is 6. The van der Waals surface area contributed by atoms with E-state index in [-0.39, 0.29) is 11.3 Å². The van der Waals surface area contributed by atoms with Gasteiger partial charge in [-0.1, -0.05) is 26.2 Å². The Kier molecular flexibility index (Phi) is 6.74. The van der Waals surface area contributed by atoms with Crippen LogP contribution in [0.2, 0.25) is 0 Å². The topological polar surface area (TPSA) is 178 Å². The lowest BCUT2D eigenvalue weighted by Gasteiger charge is -2.54. The van der Waals surface area contributed by atoms with E-state index in [0.717, 1.165) is 19.3 Å². The number of aliphatic hydroxyl groups is 1. The number of rotatable bonds is 3. The van der Waals surface area contributed by atoms with E-state index >= 15 is 0 Å². The molecule has 0 saturated heterocycles. The second-order valence-electron chi connectivity index (χ2n) is 10.9. The van der Waals surface area contributed by atoms with Gasteiger partial charge >= 0.3 is 5.97 Å². The van der Waals surface area contributed by atoms with E-state index in [1.54, 1.807) is 13.0 Å². The summed E-state index contributed by atoms with van der Waals surface area (Å²) in [6.07, 6.45) is 1.90. The average Bonchev–Trinajstić information content (AvgIpc) is 2.87. The molecule has 4 aliphatic rings. The lowest BCUT2D eigenvalue weighted by molar-refractivity contribution is -0.200. The van der Waals surface area contributed by atoms with E-state index < -0.39 is 88.6 Å². The van der Waals surface area contributed by atoms with Crippen LogP contribution in [0.25, 0.3) is 0 Å². The second-order valence-corrected chi connectivity index (χ2v) is 12.1. The third kappa shape index (κ3) is 3.75. The molecule has 3 fully saturated rings. The summed E-state index contributed by atoms with van der Waals surface area (Å²) in [6, 6.07) is 2.94. The number of carbonyl (C=O) groups excluding carboxylic acids is 6. The molecule has 4 aliphatic carbocycles. The maximum atomic E-state index is 13.9. The van der Waals surface area contributed by atoms with Crippen molar-refractivity contribution in [2.24, 2.45) is 35.3 Å². The molecular formula is C27H28INO9. The second kappa shape index (κ2) is 9.51. The molecule has 7 atom stereocenters. The molecule has 4 N–H and O–H groups in total. The van der Waals surface area contributed by atoms with E-state index in [0.29, 0.717) is 22.0 Å². The first-order valence-electron chi connectivity index (χ1n) is 12.8. The number of amides is 1. The highest BCUT2D eigenvalue weighted by molar-refractivity contribution is 14.1. The predicted molar refractivity (Wildman–Crippen MR) is 138 cm³/mol. The number of ketones is 4. The van der Waals surface area contributed by atoms with Crippen LogP contribution in [0.3, 0.4) is 0 Å². The monoisotopic (exact) mass is 637 g/mol. The van der Waals surface area contributed by atoms with Gasteiger partial charge in [0.15, 0.2) is 34.7 Å². The van der Waals surface area contributed by atoms with Crippen molar-refractivity contribution in [3.63, 3.8) is 0 Å². The van der Waals surface area contributed by atoms with Gasteiger partial charge in [0.2, 0.25) is 5.91 Å². The molecule has 0 bridgehead atoms. The fraction of sp³-hybridized carbons (Fsp3) is 0.556. The molecule has 1 aromatic carbocycles. The normalized spacial score (nSPS) is 35.2. The van der Waals surface area contributed by atoms with Gasteiger partial charge in [0.25, 0.3) is 0 Å². The van der Waals surface area contributed by atoms with Crippen molar-refractivity contribution in [2.45, 2.75) is 63.1 Å². The maximum absolute atomic E-state index is 13.9. The molecule has 202 valence electrons. The number of phenolic OH excluding ortho intramolecular Hbond substituents is 1. The first-order valence-corrected chi connectivity index (χ1v) is 13.9. The van der Waals surface area contributed by atoms with Gasteiger partial charge in [-0.3, -0.25) is 28.8 Å². The summed E-state index contributed by atoms with van der Waals surface area (Å²) >= 11 is 2.01. The Balaban J connectivity index is 1.68. The zero-order valence-corrected chi connectivity index (χ0v) is 22.8. The molecule has 38 heavy (non-hydrogen) atoms. The van der Waals surface area contributed by atoms with Gasteiger partial charge in [-0.15, -0.1) is 0 Å². The van der Waals surface area contributed by atoms with Crippen LogP contribution in [0.1, 0.15) is 67.3 Å². The van der Waals surface area contributed by atoms with Gasteiger partial charge in [0.05, 0.1) is 17.4 Å². The Morgan fingerprint density at radius 1 is 1.08 bits per heavy atom. The van der Waals surface area contributed by atoms with Crippen LogP contribution in [0.15, 0.2) is 12.1 Å². The van der Waals surface area contributed by atoms with Crippen LogP contribution < -0.4 is 5.73 Å². The van der Waals surface area contributed by atoms with Crippen molar-refractivity contribution in [1.82, 2.24) is 0 Å². The van der Waals surface area contributed by atoms with E-state index in [9.17, 15) is 39.0 Å². The Morgan fingerprint density at radius 2 is 1.74 bits per heavy atom. The van der Waals surface area contributed by atoms with Crippen molar-refractivity contribution >= 4 is 57.6 Å². The number of hydrogen-bond acceptors (Lipinski definition) is 9. The summed E-state index contributed by atoms with van der Waals surface area (Å²) in [5.41, 5.74) is 2.72. The molecule has 1 aromatic rings. The smallest absolute Gasteiger partial charge is 0.309 e. The van der Waals surface area contributed by atoms with Crippen molar-refractivity contribution in [3.8, 4) is 5.75 Å². The number of fused-ring (bicyclic) bond motifs is 3. The third-order valence-electron chi connectivity index (χ3n) is 8.94. The molecule has 5 rings (SSSR count). The minimum Gasteiger partial charge on any atom is -0.507 e. The standard InChI is InChI=1S/C27H28INO9/c1-10-16-13(28)7-8-14(30)18(16)21(32)20-17(10)22(38-26(36)11-5-3-2-4-6-11)12-9-15(31)19(25(29)35)23(33)27(12,37)24(20)34/h7-8,10-12,17,19-20,22,30,37H,2-6,9H2,1H3,(H2,29,35)/t10-,12+,17+,19?,20?,22+,27+/m0/s1. The maximum Gasteiger partial charge on any atom is 0.309 e. The predicted octanol–water partition coefficient (Wildman–Crippen LogP) is 1.59. The van der Waals surface area contributed by atoms with Gasteiger partial charge in [0, 0.05) is 21.8 Å². The molecule has 3 saturated carbocycles. The van der Waals surface area contributed by atoms with Gasteiger partial charge in [-0.05, 0) is 59.0 Å². The number of halogens is 1. The Hall–Kier alpha value is -2.67. The van der Waals surface area contributed by atoms with Crippen LogP contribution in [-0.4, -0.2) is 56.9 Å². The molecule has 1 amide bonds. The van der Waals surface area contributed by atoms with Crippen molar-refractivity contribution in [3.05, 3.63) is 26.8 Å². The number of aromatic hydroxyl groups is 1. The first kappa shape index (κ1) is 26.9. The van der Waals surface area contributed by atoms with Gasteiger partial charge in [-0.2, -0.15) is 0 Å². The minimum absolute atomic E-state index is 0.0933. The molecule has 0 radical (unpaired) electrons. The molecule has 10 nitrogen and oxygen atoms in total. The molecule has 2 unspecified atom stereocenters. The number of benzene rings is 1. The van der Waals surface area contributed by atoms with Crippen LogP contribution >= 0.6 is 22.6 Å². The number of Topliss-reactive ketones (excluding diaryl/α,β-unsaturated/α-hetero) is 4. The van der Waals surface area contributed by atoms with Crippen LogP contribution in [0.5, 0.6) is 5.75 Å². The van der Waals surface area contributed by atoms with Crippen molar-refractivity contribution < 1.29 is 43.7 Å². The first-order chi connectivity index (χ1) is 17.9. The summed E-state index contributed by atoms with van der Waals surface area (Å²) in [5.74, 6) is -13.7. The van der Waals surface area contributed by atoms with Gasteiger partial charge < -0.3 is 20.7 Å². The SMILES string of the molecule is C[C@H]1c2c(I)ccc(O)c2C(=O)C2C(=O)[C@]3(O)C(=O)C(C(N)=O)C(=O)C[C@@H]3[C@@H](OC(=O)C3CCCCC3)[C@@H]21. The summed E-state index contributed by atoms with van der Waals surface area (Å²) < 4.78 is 6.63. The summed E-state index contributed by atoms with van der Waals surface area (Å²) in [7, 11) is 0. The molecule has 0 spiro atoms. The van der Waals surface area contributed by atoms with E-state index in [2.05, 4.69) is 0 Å². The zero-order valence-electron chi connectivity index (χ0n) is 20.6. The molecule has 11 heteroatoms. The number of ether oxygens (including phenoxy) is 1. The molecular weight excluding hydrogens is 609 g/mol. The number of esters is 1. The number of hydrogen-bond donors (Lipinski definition) is 3. The highest BCUT2D eigenvalue weighted by Crippen LogP contribution is 2.55. The number of primary amides is 1. The van der Waals surface area contributed by atoms with Crippen LogP contribution in [-0.2, 0) is 28.7 Å². The Morgan fingerprint density at radius 3 is 2.37 bits per heavy atom. The molecule has 0 aromatic heterocycles. The lowest BCUT2D eigenvalue weighted by Crippen LogP contribution is -2.73. The number of phenols is 1. The quantitative estimate of drug-likeness (QED) is 0.252. The molecule has 0 heterocycles. The fourth-order valence-corrected chi connectivity index (χ4v) is 8.02. The van der Waals surface area contributed by atoms with Crippen LogP contribution in [0, 0.1) is 33.2 Å². The lowest BCUT2D eigenvalue weighted by atomic mass is 9.50. The summed E-state index contributed by atoms with van der Waals surface area (Å²) in [5, 5.41) is 22.3. The Bertz CT molecular complexity index is 1290. The summed E-state index contributed by atoms with van der Waals surface area (Å²) in [6.45, 7) is 1.72. The average molecular weight is 637 g/mol. The highest BCUT2D eigenvalue weighted by Gasteiger charge is 2.71. The third-order valence-corrected chi connectivity index (χ3v) is 9.88. The zero-order chi connectivity index (χ0) is 27.7. The van der Waals surface area contributed by atoms with E-state index in [4.69, 9.17) is 10.5 Å². The van der Waals surface area contributed by atoms with E-state index in [1.165, 1.54) is 6.07 Å². The Labute approximate surface area is 231 Å². The largest absolute Gasteiger partial charge is 0.507 e. The minimum atomic E-state index is -2.93.